The molecule has 3 aromatic carbocycles. The highest BCUT2D eigenvalue weighted by Crippen LogP contribution is 2.42. The molecule has 45 heavy (non-hydrogen) atoms. The van der Waals surface area contributed by atoms with E-state index in [-0.39, 0.29) is 31.3 Å². The lowest BCUT2D eigenvalue weighted by molar-refractivity contribution is -0.276. The number of carbonyl (C=O) groups is 1. The molecule has 2 aliphatic heterocycles. The summed E-state index contributed by atoms with van der Waals surface area (Å²) >= 11 is 0. The van der Waals surface area contributed by atoms with Gasteiger partial charge in [-0.1, -0.05) is 74.7 Å². The van der Waals surface area contributed by atoms with Crippen molar-refractivity contribution in [3.05, 3.63) is 105 Å². The maximum Gasteiger partial charge on any atom is 0.257 e. The molecule has 0 saturated carbocycles. The predicted molar refractivity (Wildman–Crippen MR) is 156 cm³/mol. The summed E-state index contributed by atoms with van der Waals surface area (Å²) in [5, 5.41) is 11.7. The number of nitrogens with one attached hydrogen (secondary N) is 1. The van der Waals surface area contributed by atoms with Crippen molar-refractivity contribution in [3.8, 4) is 0 Å². The summed E-state index contributed by atoms with van der Waals surface area (Å²) in [6.07, 6.45) is 4.88. The van der Waals surface area contributed by atoms with Gasteiger partial charge in [-0.15, -0.1) is 0 Å². The quantitative estimate of drug-likeness (QED) is 0.161. The molecule has 0 aliphatic carbocycles. The average Bonchev–Trinajstić information content (AvgIpc) is 3.04. The van der Waals surface area contributed by atoms with Gasteiger partial charge >= 0.3 is 0 Å². The summed E-state index contributed by atoms with van der Waals surface area (Å²) in [5.41, 5.74) is 1.47. The lowest BCUT2D eigenvalue weighted by atomic mass is 9.89. The first-order valence-electron chi connectivity index (χ1n) is 15.3. The molecule has 5 rings (SSSR count). The molecule has 11 heteroatoms. The third-order valence-corrected chi connectivity index (χ3v) is 8.65. The van der Waals surface area contributed by atoms with Crippen molar-refractivity contribution in [1.29, 1.82) is 0 Å². The Morgan fingerprint density at radius 2 is 1.31 bits per heavy atom. The Bertz CT molecular complexity index is 1430. The van der Waals surface area contributed by atoms with Crippen LogP contribution in [0.1, 0.15) is 84.0 Å². The van der Waals surface area contributed by atoms with Crippen molar-refractivity contribution in [3.63, 3.8) is 0 Å². The van der Waals surface area contributed by atoms with Gasteiger partial charge in [0.25, 0.3) is 5.91 Å². The zero-order chi connectivity index (χ0) is 32.1. The van der Waals surface area contributed by atoms with Gasteiger partial charge < -0.3 is 24.8 Å². The Balaban J connectivity index is 1.31. The molecule has 242 valence electrons. The highest BCUT2D eigenvalue weighted by atomic mass is 19.2. The molecule has 2 N–H and O–H groups in total. The normalized spacial score (nSPS) is 22.9. The molecule has 6 nitrogen and oxygen atoms in total. The number of aliphatic hydroxyl groups is 1. The average molecular weight is 633 g/mol. The van der Waals surface area contributed by atoms with Crippen LogP contribution in [-0.4, -0.2) is 41.7 Å². The van der Waals surface area contributed by atoms with Crippen molar-refractivity contribution < 1.29 is 41.3 Å². The van der Waals surface area contributed by atoms with E-state index in [9.17, 15) is 31.9 Å². The first kappa shape index (κ1) is 33.0. The van der Waals surface area contributed by atoms with E-state index < -0.39 is 46.8 Å². The molecule has 2 heterocycles. The van der Waals surface area contributed by atoms with E-state index in [1.54, 1.807) is 24.3 Å². The summed E-state index contributed by atoms with van der Waals surface area (Å²) in [7, 11) is 0. The fourth-order valence-corrected chi connectivity index (χ4v) is 5.95. The Kier molecular flexibility index (Phi) is 10.9. The fourth-order valence-electron chi connectivity index (χ4n) is 5.95. The molecule has 2 fully saturated rings. The van der Waals surface area contributed by atoms with E-state index in [0.717, 1.165) is 43.6 Å². The van der Waals surface area contributed by atoms with E-state index in [1.807, 2.05) is 24.3 Å². The summed E-state index contributed by atoms with van der Waals surface area (Å²) in [4.78, 5) is 14.8. The highest BCUT2D eigenvalue weighted by molar-refractivity contribution is 5.94. The van der Waals surface area contributed by atoms with E-state index in [0.29, 0.717) is 11.1 Å². The predicted octanol–water partition coefficient (Wildman–Crippen LogP) is 6.86. The molecule has 2 aliphatic rings. The lowest BCUT2D eigenvalue weighted by Gasteiger charge is -2.43. The van der Waals surface area contributed by atoms with Crippen molar-refractivity contribution in [1.82, 2.24) is 10.2 Å². The third-order valence-electron chi connectivity index (χ3n) is 8.65. The second-order valence-electron chi connectivity index (χ2n) is 11.8. The number of ether oxygens (including phenoxy) is 2. The maximum absolute atomic E-state index is 14.1. The molecule has 0 bridgehead atoms. The van der Waals surface area contributed by atoms with Gasteiger partial charge in [-0.2, -0.15) is 0 Å². The molecule has 1 amide bonds. The fraction of sp³-hybridized carbons (Fsp3) is 0.441. The van der Waals surface area contributed by atoms with Crippen LogP contribution in [0.4, 0.5) is 22.0 Å². The number of nitrogens with zero attached hydrogens (tertiary/aromatic N) is 1. The SMILES string of the molecule is C[C@H]1[C@@H](CN2CCCCCCC2)O[C@@H](c2ccc(CNC(=O)c3c(F)c(F)c(F)c(F)c3F)cc2)O[C@H]1c1ccc(CO)cc1. The van der Waals surface area contributed by atoms with E-state index in [4.69, 9.17) is 9.47 Å². The number of hydrogen-bond acceptors (Lipinski definition) is 5. The second kappa shape index (κ2) is 14.8. The van der Waals surface area contributed by atoms with Gasteiger partial charge in [-0.05, 0) is 42.6 Å². The number of halogens is 5. The third kappa shape index (κ3) is 7.54. The second-order valence-corrected chi connectivity index (χ2v) is 11.8. The molecule has 2 saturated heterocycles. The monoisotopic (exact) mass is 632 g/mol. The number of likely N-dealkylation sites (tertiary alicyclic amines) is 1. The Morgan fingerprint density at radius 3 is 1.91 bits per heavy atom. The van der Waals surface area contributed by atoms with Crippen LogP contribution in [-0.2, 0) is 22.6 Å². The summed E-state index contributed by atoms with van der Waals surface area (Å²) < 4.78 is 81.6. The van der Waals surface area contributed by atoms with Crippen LogP contribution in [0.3, 0.4) is 0 Å². The molecule has 3 aromatic rings. The topological polar surface area (TPSA) is 71.0 Å². The number of aliphatic hydroxyl groups excluding tert-OH is 1. The largest absolute Gasteiger partial charge is 0.392 e. The number of benzene rings is 3. The van der Waals surface area contributed by atoms with Gasteiger partial charge in [0.05, 0.1) is 18.8 Å². The number of hydrogen-bond donors (Lipinski definition) is 2. The van der Waals surface area contributed by atoms with Crippen molar-refractivity contribution in [2.75, 3.05) is 19.6 Å². The number of carbonyl (C=O) groups excluding carboxylic acids is 1. The van der Waals surface area contributed by atoms with E-state index in [2.05, 4.69) is 17.1 Å². The van der Waals surface area contributed by atoms with Crippen LogP contribution in [0.2, 0.25) is 0 Å². The van der Waals surface area contributed by atoms with Crippen LogP contribution in [0.15, 0.2) is 48.5 Å². The molecule has 4 atom stereocenters. The number of rotatable bonds is 8. The Hall–Kier alpha value is -3.38. The van der Waals surface area contributed by atoms with Crippen LogP contribution in [0.5, 0.6) is 0 Å². The van der Waals surface area contributed by atoms with Crippen molar-refractivity contribution in [2.24, 2.45) is 5.92 Å². The zero-order valence-electron chi connectivity index (χ0n) is 25.0. The number of amides is 1. The van der Waals surface area contributed by atoms with Crippen LogP contribution < -0.4 is 5.32 Å². The van der Waals surface area contributed by atoms with Gasteiger partial charge in [-0.25, -0.2) is 22.0 Å². The molecular formula is C34H37F5N2O4. The summed E-state index contributed by atoms with van der Waals surface area (Å²) in [6.45, 7) is 4.62. The molecular weight excluding hydrogens is 595 g/mol. The minimum Gasteiger partial charge on any atom is -0.392 e. The maximum atomic E-state index is 14.1. The minimum absolute atomic E-state index is 0.0306. The Morgan fingerprint density at radius 1 is 0.778 bits per heavy atom. The van der Waals surface area contributed by atoms with Crippen molar-refractivity contribution >= 4 is 5.91 Å². The van der Waals surface area contributed by atoms with Crippen LogP contribution in [0.25, 0.3) is 0 Å². The summed E-state index contributed by atoms with van der Waals surface area (Å²) in [5.74, 6) is -12.5. The molecule has 0 unspecified atom stereocenters. The first-order chi connectivity index (χ1) is 21.7. The van der Waals surface area contributed by atoms with Gasteiger partial charge in [0.2, 0.25) is 5.82 Å². The standard InChI is InChI=1S/C34H37F5N2O4/c1-20-25(18-41-15-5-3-2-4-6-16-41)44-34(45-32(20)23-11-9-22(19-42)10-12-23)24-13-7-21(8-14-24)17-40-33(43)26-27(35)29(37)31(39)30(38)28(26)36/h7-14,20,25,32,34,42H,2-6,15-19H2,1H3,(H,40,43)/t20-,25+,32+,34+/m0/s1. The van der Waals surface area contributed by atoms with Gasteiger partial charge in [0.1, 0.15) is 5.56 Å². The molecule has 0 radical (unpaired) electrons. The highest BCUT2D eigenvalue weighted by Gasteiger charge is 2.39. The van der Waals surface area contributed by atoms with Gasteiger partial charge in [-0.3, -0.25) is 4.79 Å². The van der Waals surface area contributed by atoms with Gasteiger partial charge in [0, 0.05) is 24.6 Å². The van der Waals surface area contributed by atoms with Crippen LogP contribution >= 0.6 is 0 Å². The lowest BCUT2D eigenvalue weighted by Crippen LogP contribution is -2.45. The van der Waals surface area contributed by atoms with Crippen molar-refractivity contribution in [2.45, 2.75) is 70.7 Å². The Labute approximate surface area is 259 Å². The smallest absolute Gasteiger partial charge is 0.257 e. The zero-order valence-corrected chi connectivity index (χ0v) is 25.0. The van der Waals surface area contributed by atoms with Gasteiger partial charge in [0.15, 0.2) is 29.6 Å². The van der Waals surface area contributed by atoms with E-state index >= 15 is 0 Å². The molecule has 0 aromatic heterocycles. The molecule has 0 spiro atoms. The van der Waals surface area contributed by atoms with Crippen LogP contribution in [0, 0.1) is 35.0 Å². The van der Waals surface area contributed by atoms with E-state index in [1.165, 1.54) is 19.3 Å². The minimum atomic E-state index is -2.33. The summed E-state index contributed by atoms with van der Waals surface area (Å²) in [6, 6.07) is 14.5. The first-order valence-corrected chi connectivity index (χ1v) is 15.3.